The summed E-state index contributed by atoms with van der Waals surface area (Å²) in [5, 5.41) is 13.8. The Bertz CT molecular complexity index is 5590. The summed E-state index contributed by atoms with van der Waals surface area (Å²) in [5.74, 6) is 0. The summed E-state index contributed by atoms with van der Waals surface area (Å²) in [6.45, 7) is 59.7. The van der Waals surface area contributed by atoms with Gasteiger partial charge in [-0.05, 0) is 263 Å². The first-order chi connectivity index (χ1) is 52.4. The molecule has 0 aliphatic carbocycles. The second kappa shape index (κ2) is 36.7. The third-order valence-corrected chi connectivity index (χ3v) is 20.2. The van der Waals surface area contributed by atoms with Gasteiger partial charge in [-0.2, -0.15) is 0 Å². The van der Waals surface area contributed by atoms with Crippen LogP contribution >= 0.6 is 0 Å². The second-order valence-corrected chi connectivity index (χ2v) is 37.1. The smallest absolute Gasteiger partial charge is 0.258 e. The van der Waals surface area contributed by atoms with E-state index in [1.807, 2.05) is 106 Å². The quantitative estimate of drug-likeness (QED) is 0.164. The zero-order valence-corrected chi connectivity index (χ0v) is 72.7. The number of hydrogen-bond acceptors (Lipinski definition) is 4. The zero-order chi connectivity index (χ0) is 82.3. The number of aromatic nitrogens is 5. The van der Waals surface area contributed by atoms with Crippen LogP contribution in [0.3, 0.4) is 0 Å². The normalized spacial score (nSPS) is 11.7. The zero-order valence-electron chi connectivity index (χ0n) is 72.7. The third-order valence-electron chi connectivity index (χ3n) is 20.2. The minimum absolute atomic E-state index is 0.0839. The molecule has 0 aliphatic rings. The number of aryl methyl sites for hydroxylation is 6. The highest BCUT2D eigenvalue weighted by atomic mass is 16.1. The van der Waals surface area contributed by atoms with Crippen LogP contribution in [-0.2, 0) is 38.2 Å². The highest BCUT2D eigenvalue weighted by molar-refractivity contribution is 5.90. The standard InChI is InChI=1S/C16H20.2C15H18.C14H16.C13H15NO.C12H18.C11H14N2.C10H8N2/c1-11-10-15(16(3,4)5)12(2)14-9-7-6-8-13(11)14;1-11-9-13(15(2,3)4)10-12-7-5-6-8-14(11)12;1-11-9-12-7-5-6-8-13(12)10-14(11)15(2,3)4;1-14(2,3)13-9-8-11-6-4-5-7-12(11)10-13;1-13(2,3)14-9-8-10-6-4-5-7-11(10)12(14)15;1-9-6-10(2)8-11(7-9)12(3,4)5;1-11(2,3)13-8-6-9-5-4-7-12-10(9)13;1-3-7-11-9(5-1)10-6-2-4-8-12-10/h6-10H,1-5H3;2*5-10H,1-4H3;4-10H,1-3H3;4-9H,1-3H3;6-8H,1-5H3;4-8H,1-3H3;1-8H. The Morgan fingerprint density at radius 2 is 0.661 bits per heavy atom. The molecule has 0 bridgehead atoms. The fraction of sp³-hybridized carbons (Fsp3) is 0.321. The van der Waals surface area contributed by atoms with Gasteiger partial charge in [0.2, 0.25) is 0 Å². The molecule has 5 aromatic heterocycles. The SMILES string of the molecule is CC(C)(C)c1ccc2ccccc2c1.CC(C)(C)n1ccc2ccccc2c1=O.CC(C)(C)n1ccc2cccnc21.Cc1cc(C(C)(C)C)c(C)c2ccccc12.Cc1cc(C(C)(C)C)cc2ccccc12.Cc1cc(C)cc(C(C)(C)C)c1.Cc1cc2ccccc2cc1C(C)(C)C.c1ccc(-c2ccccn2)nc1. The average molecular weight is 1490 g/mol. The Hall–Kier alpha value is -10.6. The molecule has 0 unspecified atom stereocenters. The summed E-state index contributed by atoms with van der Waals surface area (Å²) < 4.78 is 3.97. The van der Waals surface area contributed by atoms with Gasteiger partial charge in [0.05, 0.1) is 11.4 Å². The van der Waals surface area contributed by atoms with Gasteiger partial charge in [-0.15, -0.1) is 0 Å². The third kappa shape index (κ3) is 24.0. The first-order valence-electron chi connectivity index (χ1n) is 39.8. The van der Waals surface area contributed by atoms with Crippen molar-refractivity contribution in [2.75, 3.05) is 0 Å². The summed E-state index contributed by atoms with van der Waals surface area (Å²) in [6, 6.07) is 86.8. The first-order valence-corrected chi connectivity index (χ1v) is 39.8. The van der Waals surface area contributed by atoms with E-state index in [0.717, 1.165) is 27.8 Å². The van der Waals surface area contributed by atoms with Crippen LogP contribution in [0.2, 0.25) is 0 Å². The van der Waals surface area contributed by atoms with Crippen molar-refractivity contribution in [2.24, 2.45) is 0 Å². The van der Waals surface area contributed by atoms with E-state index in [0.29, 0.717) is 0 Å². The fourth-order valence-corrected chi connectivity index (χ4v) is 13.9. The van der Waals surface area contributed by atoms with Gasteiger partial charge in [0.25, 0.3) is 5.56 Å². The van der Waals surface area contributed by atoms with Crippen molar-refractivity contribution in [3.63, 3.8) is 0 Å². The molecule has 15 aromatic rings. The summed E-state index contributed by atoms with van der Waals surface area (Å²) in [5.41, 5.74) is 19.6. The molecule has 0 amide bonds. The van der Waals surface area contributed by atoms with Crippen molar-refractivity contribution in [2.45, 2.75) is 225 Å². The largest absolute Gasteiger partial charge is 0.327 e. The molecule has 0 saturated carbocycles. The summed E-state index contributed by atoms with van der Waals surface area (Å²) in [7, 11) is 0. The molecule has 10 aromatic carbocycles. The van der Waals surface area contributed by atoms with Gasteiger partial charge in [-0.1, -0.05) is 309 Å². The molecule has 0 saturated heterocycles. The maximum Gasteiger partial charge on any atom is 0.258 e. The summed E-state index contributed by atoms with van der Waals surface area (Å²) in [4.78, 5) is 24.9. The van der Waals surface area contributed by atoms with Gasteiger partial charge >= 0.3 is 0 Å². The van der Waals surface area contributed by atoms with Crippen LogP contribution in [0.1, 0.15) is 207 Å². The Morgan fingerprint density at radius 3 is 1.17 bits per heavy atom. The van der Waals surface area contributed by atoms with Gasteiger partial charge in [-0.25, -0.2) is 4.98 Å². The number of rotatable bonds is 1. The molecule has 582 valence electrons. The van der Waals surface area contributed by atoms with Gasteiger partial charge in [-0.3, -0.25) is 14.8 Å². The molecular weight excluding hydrogens is 1360 g/mol. The topological polar surface area (TPSA) is 65.6 Å². The molecule has 112 heavy (non-hydrogen) atoms. The fourth-order valence-electron chi connectivity index (χ4n) is 13.9. The molecule has 0 spiro atoms. The van der Waals surface area contributed by atoms with Crippen molar-refractivity contribution >= 4 is 64.9 Å². The van der Waals surface area contributed by atoms with E-state index >= 15 is 0 Å². The van der Waals surface area contributed by atoms with Crippen LogP contribution in [-0.4, -0.2) is 24.1 Å². The second-order valence-electron chi connectivity index (χ2n) is 37.1. The average Bonchev–Trinajstić information content (AvgIpc) is 0.781. The van der Waals surface area contributed by atoms with E-state index in [-0.39, 0.29) is 43.7 Å². The number of nitrogens with zero attached hydrogens (tertiary/aromatic N) is 5. The van der Waals surface area contributed by atoms with E-state index in [1.54, 1.807) is 17.0 Å². The molecule has 0 aliphatic heterocycles. The van der Waals surface area contributed by atoms with Crippen LogP contribution in [0.5, 0.6) is 0 Å². The predicted molar refractivity (Wildman–Crippen MR) is 490 cm³/mol. The number of pyridine rings is 4. The minimum atomic E-state index is -0.166. The number of hydrogen-bond donors (Lipinski definition) is 0. The van der Waals surface area contributed by atoms with Crippen molar-refractivity contribution in [1.29, 1.82) is 0 Å². The van der Waals surface area contributed by atoms with Crippen LogP contribution in [0, 0.1) is 41.5 Å². The predicted octanol–water partition coefficient (Wildman–Crippen LogP) is 29.1. The van der Waals surface area contributed by atoms with Gasteiger partial charge in [0.1, 0.15) is 5.65 Å². The molecule has 6 heteroatoms. The summed E-state index contributed by atoms with van der Waals surface area (Å²) >= 11 is 0. The number of fused-ring (bicyclic) bond motifs is 6. The number of benzene rings is 10. The van der Waals surface area contributed by atoms with Crippen LogP contribution < -0.4 is 5.56 Å². The van der Waals surface area contributed by atoms with Gasteiger partial charge in [0, 0.05) is 52.8 Å². The Morgan fingerprint density at radius 1 is 0.259 bits per heavy atom. The molecule has 0 radical (unpaired) electrons. The minimum Gasteiger partial charge on any atom is -0.327 e. The molecular formula is C106H127N5O. The molecule has 5 heterocycles. The van der Waals surface area contributed by atoms with Crippen LogP contribution in [0.4, 0.5) is 0 Å². The van der Waals surface area contributed by atoms with E-state index in [4.69, 9.17) is 0 Å². The lowest BCUT2D eigenvalue weighted by Gasteiger charge is -2.24. The summed E-state index contributed by atoms with van der Waals surface area (Å²) in [6.07, 6.45) is 9.33. The maximum atomic E-state index is 12.1. The highest BCUT2D eigenvalue weighted by Gasteiger charge is 2.22. The van der Waals surface area contributed by atoms with E-state index in [1.165, 1.54) is 110 Å². The molecule has 6 nitrogen and oxygen atoms in total. The Kier molecular flexibility index (Phi) is 28.5. The molecule has 0 N–H and O–H groups in total. The Labute approximate surface area is 672 Å². The van der Waals surface area contributed by atoms with Crippen molar-refractivity contribution in [1.82, 2.24) is 24.1 Å². The maximum absolute atomic E-state index is 12.1. The molecule has 0 atom stereocenters. The van der Waals surface area contributed by atoms with Gasteiger partial charge < -0.3 is 9.13 Å². The van der Waals surface area contributed by atoms with Gasteiger partial charge in [0.15, 0.2) is 0 Å². The van der Waals surface area contributed by atoms with E-state index in [2.05, 4.69) is 368 Å². The van der Waals surface area contributed by atoms with Crippen molar-refractivity contribution in [3.05, 3.63) is 351 Å². The monoisotopic (exact) mass is 1490 g/mol. The molecule has 15 rings (SSSR count). The highest BCUT2D eigenvalue weighted by Crippen LogP contribution is 2.35. The van der Waals surface area contributed by atoms with Crippen LogP contribution in [0.15, 0.2) is 284 Å². The Balaban J connectivity index is 0.000000161. The van der Waals surface area contributed by atoms with Crippen molar-refractivity contribution < 1.29 is 0 Å². The van der Waals surface area contributed by atoms with Crippen molar-refractivity contribution in [3.8, 4) is 11.4 Å². The van der Waals surface area contributed by atoms with E-state index in [9.17, 15) is 4.79 Å². The first kappa shape index (κ1) is 87.0. The lowest BCUT2D eigenvalue weighted by Crippen LogP contribution is -2.33. The lowest BCUT2D eigenvalue weighted by molar-refractivity contribution is 0.386. The molecule has 0 fully saturated rings. The lowest BCUT2D eigenvalue weighted by atomic mass is 9.81. The van der Waals surface area contributed by atoms with E-state index < -0.39 is 0 Å². The van der Waals surface area contributed by atoms with Crippen LogP contribution in [0.25, 0.3) is 76.3 Å².